The highest BCUT2D eigenvalue weighted by Gasteiger charge is 2.41. The molecule has 2 rings (SSSR count). The molecule has 0 spiro atoms. The Hall–Kier alpha value is -0.000000000000000111. The molecule has 3 nitrogen and oxygen atoms in total. The number of hydrogen-bond donors (Lipinski definition) is 1. The van der Waals surface area contributed by atoms with E-state index in [1.807, 2.05) is 16.4 Å². The van der Waals surface area contributed by atoms with Crippen LogP contribution in [-0.2, 0) is 5.60 Å². The van der Waals surface area contributed by atoms with Crippen LogP contribution in [0.1, 0.15) is 38.9 Å². The SMILES string of the molecule is CC1CC(O)(c2c(Br)cnn2C(C)C)CS1. The molecule has 0 aromatic carbocycles. The first-order valence-electron chi connectivity index (χ1n) is 5.51. The summed E-state index contributed by atoms with van der Waals surface area (Å²) < 4.78 is 2.83. The molecule has 2 unspecified atom stereocenters. The number of nitrogens with zero attached hydrogens (tertiary/aromatic N) is 2. The molecule has 1 N–H and O–H groups in total. The normalized spacial score (nSPS) is 30.2. The lowest BCUT2D eigenvalue weighted by atomic mass is 9.96. The molecule has 1 aliphatic heterocycles. The Morgan fingerprint density at radius 2 is 2.38 bits per heavy atom. The molecule has 0 bridgehead atoms. The Labute approximate surface area is 109 Å². The second-order valence-electron chi connectivity index (χ2n) is 4.74. The minimum Gasteiger partial charge on any atom is -0.383 e. The van der Waals surface area contributed by atoms with E-state index >= 15 is 0 Å². The van der Waals surface area contributed by atoms with Crippen LogP contribution in [0.4, 0.5) is 0 Å². The Kier molecular flexibility index (Phi) is 3.39. The van der Waals surface area contributed by atoms with Crippen LogP contribution in [0, 0.1) is 0 Å². The van der Waals surface area contributed by atoms with Crippen molar-refractivity contribution < 1.29 is 5.11 Å². The first-order chi connectivity index (χ1) is 7.44. The van der Waals surface area contributed by atoms with Crippen LogP contribution in [0.25, 0.3) is 0 Å². The third kappa shape index (κ3) is 2.05. The number of halogens is 1. The first-order valence-corrected chi connectivity index (χ1v) is 7.35. The van der Waals surface area contributed by atoms with Crippen molar-refractivity contribution in [1.82, 2.24) is 9.78 Å². The van der Waals surface area contributed by atoms with Gasteiger partial charge >= 0.3 is 0 Å². The van der Waals surface area contributed by atoms with Crippen molar-refractivity contribution in [2.24, 2.45) is 0 Å². The molecule has 0 amide bonds. The van der Waals surface area contributed by atoms with Crippen LogP contribution in [0.2, 0.25) is 0 Å². The van der Waals surface area contributed by atoms with Gasteiger partial charge in [-0.05, 0) is 36.2 Å². The molecule has 16 heavy (non-hydrogen) atoms. The fourth-order valence-corrected chi connectivity index (χ4v) is 4.06. The van der Waals surface area contributed by atoms with E-state index in [0.29, 0.717) is 5.25 Å². The van der Waals surface area contributed by atoms with Crippen molar-refractivity contribution >= 4 is 27.7 Å². The zero-order valence-corrected chi connectivity index (χ0v) is 12.2. The van der Waals surface area contributed by atoms with Crippen molar-refractivity contribution in [3.63, 3.8) is 0 Å². The topological polar surface area (TPSA) is 38.1 Å². The Bertz CT molecular complexity index is 393. The third-order valence-corrected chi connectivity index (χ3v) is 4.87. The summed E-state index contributed by atoms with van der Waals surface area (Å²) in [5.74, 6) is 0.755. The van der Waals surface area contributed by atoms with Crippen LogP contribution in [-0.4, -0.2) is 25.9 Å². The summed E-state index contributed by atoms with van der Waals surface area (Å²) >= 11 is 5.32. The minimum atomic E-state index is -0.732. The van der Waals surface area contributed by atoms with Gasteiger partial charge in [0.1, 0.15) is 5.60 Å². The van der Waals surface area contributed by atoms with E-state index < -0.39 is 5.60 Å². The van der Waals surface area contributed by atoms with Crippen LogP contribution in [0.5, 0.6) is 0 Å². The van der Waals surface area contributed by atoms with Gasteiger partial charge in [0.2, 0.25) is 0 Å². The molecule has 2 heterocycles. The van der Waals surface area contributed by atoms with E-state index in [9.17, 15) is 5.11 Å². The third-order valence-electron chi connectivity index (χ3n) is 2.91. The molecule has 0 saturated carbocycles. The van der Waals surface area contributed by atoms with Crippen molar-refractivity contribution in [1.29, 1.82) is 0 Å². The van der Waals surface area contributed by atoms with Crippen molar-refractivity contribution in [2.75, 3.05) is 5.75 Å². The lowest BCUT2D eigenvalue weighted by Gasteiger charge is -2.25. The van der Waals surface area contributed by atoms with Crippen LogP contribution in [0.3, 0.4) is 0 Å². The van der Waals surface area contributed by atoms with Crippen molar-refractivity contribution in [3.8, 4) is 0 Å². The van der Waals surface area contributed by atoms with E-state index in [4.69, 9.17) is 0 Å². The van der Waals surface area contributed by atoms with Gasteiger partial charge in [-0.15, -0.1) is 0 Å². The van der Waals surface area contributed by atoms with Gasteiger partial charge in [0.15, 0.2) is 0 Å². The van der Waals surface area contributed by atoms with Crippen LogP contribution < -0.4 is 0 Å². The highest BCUT2D eigenvalue weighted by molar-refractivity contribution is 9.10. The fraction of sp³-hybridized carbons (Fsp3) is 0.727. The molecule has 2 atom stereocenters. The first kappa shape index (κ1) is 12.5. The maximum absolute atomic E-state index is 10.7. The minimum absolute atomic E-state index is 0.270. The number of hydrogen-bond acceptors (Lipinski definition) is 3. The van der Waals surface area contributed by atoms with Crippen LogP contribution in [0.15, 0.2) is 10.7 Å². The average molecular weight is 305 g/mol. The summed E-state index contributed by atoms with van der Waals surface area (Å²) in [5, 5.41) is 15.6. The van der Waals surface area contributed by atoms with E-state index in [-0.39, 0.29) is 6.04 Å². The number of rotatable bonds is 2. The maximum atomic E-state index is 10.7. The lowest BCUT2D eigenvalue weighted by molar-refractivity contribution is 0.0494. The molecule has 1 aromatic heterocycles. The second kappa shape index (κ2) is 4.35. The summed E-state index contributed by atoms with van der Waals surface area (Å²) in [6.45, 7) is 6.32. The Balaban J connectivity index is 2.43. The predicted octanol–water partition coefficient (Wildman–Crippen LogP) is 2.94. The molecule has 1 aromatic rings. The van der Waals surface area contributed by atoms with Gasteiger partial charge < -0.3 is 5.11 Å². The molecule has 1 fully saturated rings. The van der Waals surface area contributed by atoms with Gasteiger partial charge in [0, 0.05) is 17.0 Å². The average Bonchev–Trinajstić information content (AvgIpc) is 2.71. The maximum Gasteiger partial charge on any atom is 0.117 e. The summed E-state index contributed by atoms with van der Waals surface area (Å²) in [6.07, 6.45) is 2.58. The summed E-state index contributed by atoms with van der Waals surface area (Å²) in [5.41, 5.74) is 0.198. The second-order valence-corrected chi connectivity index (χ2v) is 7.02. The fourth-order valence-electron chi connectivity index (χ4n) is 2.21. The molecular formula is C11H17BrN2OS. The highest BCUT2D eigenvalue weighted by atomic mass is 79.9. The standard InChI is InChI=1S/C11H17BrN2OS/c1-7(2)14-10(9(12)5-13-14)11(15)4-8(3)16-6-11/h5,7-8,15H,4,6H2,1-3H3. The smallest absolute Gasteiger partial charge is 0.117 e. The monoisotopic (exact) mass is 304 g/mol. The van der Waals surface area contributed by atoms with E-state index in [2.05, 4.69) is 41.8 Å². The zero-order valence-electron chi connectivity index (χ0n) is 9.77. The van der Waals surface area contributed by atoms with Crippen LogP contribution >= 0.6 is 27.7 Å². The zero-order chi connectivity index (χ0) is 11.9. The lowest BCUT2D eigenvalue weighted by Crippen LogP contribution is -2.30. The number of aliphatic hydroxyl groups is 1. The number of thioether (sulfide) groups is 1. The van der Waals surface area contributed by atoms with Gasteiger partial charge in [-0.1, -0.05) is 6.92 Å². The van der Waals surface area contributed by atoms with Gasteiger partial charge in [-0.2, -0.15) is 16.9 Å². The highest BCUT2D eigenvalue weighted by Crippen LogP contribution is 2.44. The van der Waals surface area contributed by atoms with Gasteiger partial charge in [0.25, 0.3) is 0 Å². The van der Waals surface area contributed by atoms with E-state index in [0.717, 1.165) is 22.3 Å². The largest absolute Gasteiger partial charge is 0.383 e. The molecule has 90 valence electrons. The predicted molar refractivity (Wildman–Crippen MR) is 70.7 cm³/mol. The molecule has 1 aliphatic rings. The van der Waals surface area contributed by atoms with E-state index in [1.54, 1.807) is 6.20 Å². The Morgan fingerprint density at radius 1 is 1.69 bits per heavy atom. The summed E-state index contributed by atoms with van der Waals surface area (Å²) in [6, 6.07) is 0.270. The quantitative estimate of drug-likeness (QED) is 0.913. The molecule has 5 heteroatoms. The molecule has 0 aliphatic carbocycles. The van der Waals surface area contributed by atoms with E-state index in [1.165, 1.54) is 0 Å². The van der Waals surface area contributed by atoms with Gasteiger partial charge in [-0.3, -0.25) is 4.68 Å². The van der Waals surface area contributed by atoms with Crippen molar-refractivity contribution in [3.05, 3.63) is 16.4 Å². The van der Waals surface area contributed by atoms with Gasteiger partial charge in [-0.25, -0.2) is 0 Å². The Morgan fingerprint density at radius 3 is 2.88 bits per heavy atom. The molecule has 0 radical (unpaired) electrons. The van der Waals surface area contributed by atoms with Gasteiger partial charge in [0.05, 0.1) is 16.4 Å². The summed E-state index contributed by atoms with van der Waals surface area (Å²) in [4.78, 5) is 0. The van der Waals surface area contributed by atoms with Crippen molar-refractivity contribution in [2.45, 2.75) is 44.1 Å². The number of aromatic nitrogens is 2. The molecule has 1 saturated heterocycles. The summed E-state index contributed by atoms with van der Waals surface area (Å²) in [7, 11) is 0. The molecular weight excluding hydrogens is 288 g/mol.